The summed E-state index contributed by atoms with van der Waals surface area (Å²) < 4.78 is 0. The molecule has 16 nitrogen and oxygen atoms in total. The summed E-state index contributed by atoms with van der Waals surface area (Å²) in [5.74, 6) is -1.32. The van der Waals surface area contributed by atoms with Crippen LogP contribution in [0.3, 0.4) is 0 Å². The van der Waals surface area contributed by atoms with Crippen LogP contribution in [-0.4, -0.2) is 101 Å². The Bertz CT molecular complexity index is 1370. The van der Waals surface area contributed by atoms with Crippen LogP contribution in [-0.2, 0) is 24.4 Å². The number of aliphatic carboxylic acids is 1. The van der Waals surface area contributed by atoms with Crippen molar-refractivity contribution >= 4 is 17.3 Å². The average Bonchev–Trinajstić information content (AvgIpc) is 3.08. The smallest absolute Gasteiger partial charge is 0.323 e. The molecule has 3 aromatic rings. The molecule has 1 aliphatic heterocycles. The van der Waals surface area contributed by atoms with E-state index in [2.05, 4.69) is 29.7 Å². The van der Waals surface area contributed by atoms with E-state index in [1.165, 1.54) is 48.9 Å². The molecule has 1 saturated heterocycles. The Labute approximate surface area is 246 Å². The maximum Gasteiger partial charge on any atom is 0.323 e. The van der Waals surface area contributed by atoms with Gasteiger partial charge in [-0.05, 0) is 17.7 Å². The minimum atomic E-state index is -1.48. The van der Waals surface area contributed by atoms with Crippen LogP contribution >= 0.6 is 0 Å². The van der Waals surface area contributed by atoms with E-state index in [9.17, 15) is 35.2 Å². The first-order valence-corrected chi connectivity index (χ1v) is 13.6. The second-order valence-corrected chi connectivity index (χ2v) is 10.2. The summed E-state index contributed by atoms with van der Waals surface area (Å²) in [7, 11) is 0. The van der Waals surface area contributed by atoms with E-state index in [1.54, 1.807) is 6.07 Å². The summed E-state index contributed by atoms with van der Waals surface area (Å²) in [6.07, 6.45) is 2.93. The van der Waals surface area contributed by atoms with Crippen LogP contribution in [0.5, 0.6) is 0 Å². The second-order valence-electron chi connectivity index (χ2n) is 10.2. The standard InChI is InChI=1S/C27H33N9O7/c28-25(27(38)39)26(37)19-1-4-29-20(13-19)16-32-7-9-33(17-21-14-23(35(40)41)2-5-30-21)11-12-34(10-8-32)18-22-15-24(36(42)43)3-6-31-22/h1-6,13-15,25-26,37H,7-12,16-18,28H2,(H,38,39)/t25-,26-/m0/s1. The summed E-state index contributed by atoms with van der Waals surface area (Å²) in [4.78, 5) is 52.3. The first-order chi connectivity index (χ1) is 20.6. The van der Waals surface area contributed by atoms with Crippen LogP contribution in [0.1, 0.15) is 28.7 Å². The Morgan fingerprint density at radius 3 is 1.51 bits per heavy atom. The van der Waals surface area contributed by atoms with Crippen molar-refractivity contribution in [1.82, 2.24) is 29.7 Å². The zero-order valence-corrected chi connectivity index (χ0v) is 23.3. The third-order valence-corrected chi connectivity index (χ3v) is 7.18. The summed E-state index contributed by atoms with van der Waals surface area (Å²) in [6, 6.07) is 7.28. The van der Waals surface area contributed by atoms with Gasteiger partial charge in [-0.2, -0.15) is 0 Å². The molecule has 1 aliphatic rings. The van der Waals surface area contributed by atoms with Gasteiger partial charge in [0, 0.05) is 102 Å². The van der Waals surface area contributed by atoms with Crippen molar-refractivity contribution in [2.75, 3.05) is 39.3 Å². The SMILES string of the molecule is N[C@H](C(=O)O)[C@@H](O)c1ccnc(CN2CCN(Cc3cc([N+](=O)[O-])ccn3)CCN(Cc3cc([N+](=O)[O-])ccn3)CC2)c1. The molecule has 0 spiro atoms. The quantitative estimate of drug-likeness (QED) is 0.208. The van der Waals surface area contributed by atoms with Crippen molar-refractivity contribution in [3.8, 4) is 0 Å². The lowest BCUT2D eigenvalue weighted by Gasteiger charge is -2.25. The number of hydrogen-bond donors (Lipinski definition) is 3. The molecular weight excluding hydrogens is 562 g/mol. The molecule has 0 aliphatic carbocycles. The van der Waals surface area contributed by atoms with Crippen LogP contribution in [0.25, 0.3) is 0 Å². The normalized spacial score (nSPS) is 16.9. The highest BCUT2D eigenvalue weighted by molar-refractivity contribution is 5.74. The van der Waals surface area contributed by atoms with Crippen molar-refractivity contribution in [1.29, 1.82) is 0 Å². The van der Waals surface area contributed by atoms with Gasteiger partial charge in [0.25, 0.3) is 11.4 Å². The molecular formula is C27H33N9O7. The highest BCUT2D eigenvalue weighted by Crippen LogP contribution is 2.19. The zero-order valence-electron chi connectivity index (χ0n) is 23.3. The van der Waals surface area contributed by atoms with Gasteiger partial charge in [0.1, 0.15) is 12.1 Å². The van der Waals surface area contributed by atoms with Crippen LogP contribution in [0, 0.1) is 20.2 Å². The van der Waals surface area contributed by atoms with Gasteiger partial charge in [-0.25, -0.2) is 0 Å². The van der Waals surface area contributed by atoms with E-state index in [0.717, 1.165) is 0 Å². The third-order valence-electron chi connectivity index (χ3n) is 7.18. The lowest BCUT2D eigenvalue weighted by atomic mass is 10.0. The number of nitrogens with zero attached hydrogens (tertiary/aromatic N) is 8. The van der Waals surface area contributed by atoms with Crippen LogP contribution in [0.2, 0.25) is 0 Å². The average molecular weight is 596 g/mol. The molecule has 0 saturated carbocycles. The molecule has 0 radical (unpaired) electrons. The van der Waals surface area contributed by atoms with E-state index in [0.29, 0.717) is 81.5 Å². The molecule has 2 atom stereocenters. The maximum absolute atomic E-state index is 11.3. The monoisotopic (exact) mass is 595 g/mol. The predicted molar refractivity (Wildman–Crippen MR) is 152 cm³/mol. The van der Waals surface area contributed by atoms with Gasteiger partial charge in [-0.1, -0.05) is 0 Å². The molecule has 1 fully saturated rings. The molecule has 0 aromatic carbocycles. The van der Waals surface area contributed by atoms with E-state index >= 15 is 0 Å². The van der Waals surface area contributed by atoms with Crippen LogP contribution in [0.15, 0.2) is 55.0 Å². The van der Waals surface area contributed by atoms with Gasteiger partial charge in [0.05, 0.1) is 26.9 Å². The number of nitro groups is 2. The number of aliphatic hydroxyl groups is 1. The maximum atomic E-state index is 11.3. The molecule has 3 aromatic heterocycles. The van der Waals surface area contributed by atoms with E-state index in [-0.39, 0.29) is 11.4 Å². The van der Waals surface area contributed by atoms with Crippen LogP contribution in [0.4, 0.5) is 11.4 Å². The van der Waals surface area contributed by atoms with Crippen molar-refractivity contribution < 1.29 is 24.9 Å². The van der Waals surface area contributed by atoms with E-state index in [4.69, 9.17) is 5.73 Å². The van der Waals surface area contributed by atoms with Gasteiger partial charge < -0.3 is 15.9 Å². The number of pyridine rings is 3. The van der Waals surface area contributed by atoms with Gasteiger partial charge in [-0.3, -0.25) is 54.7 Å². The molecule has 0 bridgehead atoms. The number of hydrogen-bond acceptors (Lipinski definition) is 13. The van der Waals surface area contributed by atoms with Crippen molar-refractivity contribution in [3.05, 3.63) is 97.9 Å². The lowest BCUT2D eigenvalue weighted by molar-refractivity contribution is -0.385. The van der Waals surface area contributed by atoms with Gasteiger partial charge in [0.15, 0.2) is 0 Å². The summed E-state index contributed by atoms with van der Waals surface area (Å²) >= 11 is 0. The second kappa shape index (κ2) is 14.6. The van der Waals surface area contributed by atoms with Gasteiger partial charge in [0.2, 0.25) is 0 Å². The summed E-state index contributed by atoms with van der Waals surface area (Å²) in [5.41, 5.74) is 7.63. The predicted octanol–water partition coefficient (Wildman–Crippen LogP) is 0.953. The minimum Gasteiger partial charge on any atom is -0.480 e. The van der Waals surface area contributed by atoms with Crippen LogP contribution < -0.4 is 5.73 Å². The van der Waals surface area contributed by atoms with Gasteiger partial charge in [-0.15, -0.1) is 0 Å². The molecule has 0 amide bonds. The van der Waals surface area contributed by atoms with E-state index < -0.39 is 28.0 Å². The zero-order chi connectivity index (χ0) is 30.9. The highest BCUT2D eigenvalue weighted by Gasteiger charge is 2.25. The molecule has 4 heterocycles. The fraction of sp³-hybridized carbons (Fsp3) is 0.407. The van der Waals surface area contributed by atoms with E-state index in [1.807, 2.05) is 0 Å². The largest absolute Gasteiger partial charge is 0.480 e. The van der Waals surface area contributed by atoms with Crippen molar-refractivity contribution in [2.45, 2.75) is 31.8 Å². The Morgan fingerprint density at radius 1 is 0.767 bits per heavy atom. The molecule has 0 unspecified atom stereocenters. The Hall–Kier alpha value is -4.48. The number of aromatic nitrogens is 3. The Morgan fingerprint density at radius 2 is 1.14 bits per heavy atom. The molecule has 43 heavy (non-hydrogen) atoms. The Balaban J connectivity index is 1.53. The topological polar surface area (TPSA) is 218 Å². The summed E-state index contributed by atoms with van der Waals surface area (Å²) in [5, 5.41) is 42.1. The lowest BCUT2D eigenvalue weighted by Crippen LogP contribution is -2.37. The highest BCUT2D eigenvalue weighted by atomic mass is 16.6. The van der Waals surface area contributed by atoms with Gasteiger partial charge >= 0.3 is 5.97 Å². The third kappa shape index (κ3) is 9.00. The first kappa shape index (κ1) is 31.5. The number of nitrogens with two attached hydrogens (primary N) is 1. The fourth-order valence-corrected chi connectivity index (χ4v) is 4.79. The summed E-state index contributed by atoms with van der Waals surface area (Å²) in [6.45, 7) is 4.83. The molecule has 4 N–H and O–H groups in total. The molecule has 228 valence electrons. The number of aliphatic hydroxyl groups excluding tert-OH is 1. The number of carboxylic acid groups (broad SMARTS) is 1. The van der Waals surface area contributed by atoms with Crippen molar-refractivity contribution in [2.24, 2.45) is 5.73 Å². The van der Waals surface area contributed by atoms with Crippen molar-refractivity contribution in [3.63, 3.8) is 0 Å². The first-order valence-electron chi connectivity index (χ1n) is 13.6. The molecule has 4 rings (SSSR count). The number of rotatable bonds is 11. The number of carbonyl (C=O) groups is 1. The Kier molecular flexibility index (Phi) is 10.7. The fourth-order valence-electron chi connectivity index (χ4n) is 4.79. The molecule has 16 heteroatoms. The minimum absolute atomic E-state index is 0.0370. The number of carboxylic acids is 1.